The summed E-state index contributed by atoms with van der Waals surface area (Å²) in [6.45, 7) is 5.45. The number of benzene rings is 1. The Morgan fingerprint density at radius 1 is 1.19 bits per heavy atom. The molecule has 1 aromatic heterocycles. The van der Waals surface area contributed by atoms with Crippen LogP contribution in [-0.4, -0.2) is 23.3 Å². The Bertz CT molecular complexity index is 526. The van der Waals surface area contributed by atoms with Crippen LogP contribution in [0.25, 0.3) is 0 Å². The van der Waals surface area contributed by atoms with Crippen LogP contribution in [-0.2, 0) is 6.54 Å². The molecular formula is C17H24N4. The highest BCUT2D eigenvalue weighted by Gasteiger charge is 2.10. The molecule has 1 atom stereocenters. The predicted molar refractivity (Wildman–Crippen MR) is 86.3 cm³/mol. The van der Waals surface area contributed by atoms with Gasteiger partial charge in [0.05, 0.1) is 6.20 Å². The lowest BCUT2D eigenvalue weighted by Gasteiger charge is -2.28. The molecule has 1 aromatic carbocycles. The molecule has 0 spiro atoms. The minimum Gasteiger partial charge on any atom is -0.372 e. The first kappa shape index (κ1) is 14.1. The van der Waals surface area contributed by atoms with E-state index in [1.807, 2.05) is 12.4 Å². The quantitative estimate of drug-likeness (QED) is 0.886. The molecule has 1 unspecified atom stereocenters. The lowest BCUT2D eigenvalue weighted by molar-refractivity contribution is 0.573. The van der Waals surface area contributed by atoms with Crippen LogP contribution in [0.1, 0.15) is 43.4 Å². The van der Waals surface area contributed by atoms with Gasteiger partial charge in [0, 0.05) is 43.1 Å². The lowest BCUT2D eigenvalue weighted by Crippen LogP contribution is -2.29. The van der Waals surface area contributed by atoms with E-state index in [-0.39, 0.29) is 0 Å². The Morgan fingerprint density at radius 3 is 2.62 bits per heavy atom. The average molecular weight is 284 g/mol. The van der Waals surface area contributed by atoms with Gasteiger partial charge in [-0.05, 0) is 43.9 Å². The van der Waals surface area contributed by atoms with E-state index in [0.29, 0.717) is 6.04 Å². The molecule has 2 N–H and O–H groups in total. The van der Waals surface area contributed by atoms with Crippen molar-refractivity contribution < 1.29 is 0 Å². The molecule has 1 aliphatic heterocycles. The van der Waals surface area contributed by atoms with Gasteiger partial charge in [0.15, 0.2) is 0 Å². The van der Waals surface area contributed by atoms with Crippen molar-refractivity contribution in [3.63, 3.8) is 0 Å². The molecule has 4 heteroatoms. The minimum absolute atomic E-state index is 0.311. The molecule has 112 valence electrons. The summed E-state index contributed by atoms with van der Waals surface area (Å²) in [4.78, 5) is 2.49. The second-order valence-corrected chi connectivity index (χ2v) is 5.85. The third-order valence-electron chi connectivity index (χ3n) is 4.29. The normalized spacial score (nSPS) is 16.9. The lowest BCUT2D eigenvalue weighted by atomic mass is 10.1. The number of piperidine rings is 1. The van der Waals surface area contributed by atoms with E-state index in [4.69, 9.17) is 0 Å². The minimum atomic E-state index is 0.311. The van der Waals surface area contributed by atoms with Crippen LogP contribution < -0.4 is 10.2 Å². The number of nitrogens with zero attached hydrogens (tertiary/aromatic N) is 2. The Labute approximate surface area is 126 Å². The molecule has 4 nitrogen and oxygen atoms in total. The third kappa shape index (κ3) is 3.64. The summed E-state index contributed by atoms with van der Waals surface area (Å²) in [6, 6.07) is 9.29. The zero-order valence-electron chi connectivity index (χ0n) is 12.7. The van der Waals surface area contributed by atoms with Crippen molar-refractivity contribution in [2.24, 2.45) is 0 Å². The Morgan fingerprint density at radius 2 is 1.95 bits per heavy atom. The molecule has 0 radical (unpaired) electrons. The molecule has 0 bridgehead atoms. The number of nitrogens with one attached hydrogen (secondary N) is 2. The summed E-state index contributed by atoms with van der Waals surface area (Å²) in [6.07, 6.45) is 7.84. The number of anilines is 1. The van der Waals surface area contributed by atoms with E-state index >= 15 is 0 Å². The topological polar surface area (TPSA) is 44.0 Å². The monoisotopic (exact) mass is 284 g/mol. The van der Waals surface area contributed by atoms with E-state index in [1.54, 1.807) is 0 Å². The van der Waals surface area contributed by atoms with Gasteiger partial charge in [-0.2, -0.15) is 5.10 Å². The van der Waals surface area contributed by atoms with Crippen LogP contribution in [0.4, 0.5) is 5.69 Å². The van der Waals surface area contributed by atoms with Crippen LogP contribution in [0, 0.1) is 0 Å². The molecule has 0 aliphatic carbocycles. The van der Waals surface area contributed by atoms with Crippen molar-refractivity contribution in [3.8, 4) is 0 Å². The van der Waals surface area contributed by atoms with Crippen molar-refractivity contribution in [1.82, 2.24) is 15.5 Å². The zero-order valence-corrected chi connectivity index (χ0v) is 12.7. The largest absolute Gasteiger partial charge is 0.372 e. The number of aromatic nitrogens is 2. The smallest absolute Gasteiger partial charge is 0.0534 e. The Hall–Kier alpha value is -1.81. The fourth-order valence-corrected chi connectivity index (χ4v) is 2.86. The Balaban J connectivity index is 1.54. The summed E-state index contributed by atoms with van der Waals surface area (Å²) < 4.78 is 0. The van der Waals surface area contributed by atoms with E-state index in [1.165, 1.54) is 49.2 Å². The van der Waals surface area contributed by atoms with Gasteiger partial charge in [-0.3, -0.25) is 5.10 Å². The summed E-state index contributed by atoms with van der Waals surface area (Å²) >= 11 is 0. The first-order valence-corrected chi connectivity index (χ1v) is 7.89. The average Bonchev–Trinajstić information content (AvgIpc) is 3.08. The molecule has 2 aromatic rings. The van der Waals surface area contributed by atoms with Gasteiger partial charge in [0.2, 0.25) is 0 Å². The van der Waals surface area contributed by atoms with Crippen LogP contribution in [0.5, 0.6) is 0 Å². The number of hydrogen-bond donors (Lipinski definition) is 2. The van der Waals surface area contributed by atoms with Crippen LogP contribution >= 0.6 is 0 Å². The van der Waals surface area contributed by atoms with Crippen molar-refractivity contribution in [2.45, 2.75) is 38.8 Å². The van der Waals surface area contributed by atoms with Crippen molar-refractivity contribution in [3.05, 3.63) is 47.8 Å². The summed E-state index contributed by atoms with van der Waals surface area (Å²) in [7, 11) is 0. The van der Waals surface area contributed by atoms with Crippen LogP contribution in [0.3, 0.4) is 0 Å². The zero-order chi connectivity index (χ0) is 14.5. The fraction of sp³-hybridized carbons (Fsp3) is 0.471. The van der Waals surface area contributed by atoms with Crippen molar-refractivity contribution in [1.29, 1.82) is 0 Å². The summed E-state index contributed by atoms with van der Waals surface area (Å²) in [5.41, 5.74) is 3.88. The second-order valence-electron chi connectivity index (χ2n) is 5.85. The molecular weight excluding hydrogens is 260 g/mol. The molecule has 2 heterocycles. The van der Waals surface area contributed by atoms with Gasteiger partial charge in [-0.25, -0.2) is 0 Å². The maximum atomic E-state index is 3.99. The number of aromatic amines is 1. The van der Waals surface area contributed by atoms with Gasteiger partial charge in [0.25, 0.3) is 0 Å². The van der Waals surface area contributed by atoms with E-state index < -0.39 is 0 Å². The fourth-order valence-electron chi connectivity index (χ4n) is 2.86. The van der Waals surface area contributed by atoms with Gasteiger partial charge in [0.1, 0.15) is 0 Å². The van der Waals surface area contributed by atoms with Crippen LogP contribution in [0.2, 0.25) is 0 Å². The Kier molecular flexibility index (Phi) is 4.55. The van der Waals surface area contributed by atoms with Crippen molar-refractivity contribution in [2.75, 3.05) is 18.0 Å². The van der Waals surface area contributed by atoms with Gasteiger partial charge in [-0.15, -0.1) is 0 Å². The van der Waals surface area contributed by atoms with Gasteiger partial charge < -0.3 is 10.2 Å². The van der Waals surface area contributed by atoms with Gasteiger partial charge >= 0.3 is 0 Å². The molecule has 0 saturated carbocycles. The van der Waals surface area contributed by atoms with E-state index in [9.17, 15) is 0 Å². The highest BCUT2D eigenvalue weighted by Crippen LogP contribution is 2.20. The molecule has 1 aliphatic rings. The first-order valence-electron chi connectivity index (χ1n) is 7.89. The number of hydrogen-bond acceptors (Lipinski definition) is 3. The molecule has 1 saturated heterocycles. The molecule has 0 amide bonds. The maximum absolute atomic E-state index is 3.99. The first-order chi connectivity index (χ1) is 10.3. The SMILES string of the molecule is CC(NCc1ccc(N2CCCCC2)cc1)c1cn[nH]c1. The van der Waals surface area contributed by atoms with Crippen molar-refractivity contribution >= 4 is 5.69 Å². The van der Waals surface area contributed by atoms with Gasteiger partial charge in [-0.1, -0.05) is 12.1 Å². The summed E-state index contributed by atoms with van der Waals surface area (Å²) in [5, 5.41) is 10.4. The highest BCUT2D eigenvalue weighted by atomic mass is 15.1. The predicted octanol–water partition coefficient (Wildman–Crippen LogP) is 3.25. The van der Waals surface area contributed by atoms with Crippen LogP contribution in [0.15, 0.2) is 36.7 Å². The highest BCUT2D eigenvalue weighted by molar-refractivity contribution is 5.47. The summed E-state index contributed by atoms with van der Waals surface area (Å²) in [5.74, 6) is 0. The maximum Gasteiger partial charge on any atom is 0.0534 e. The number of rotatable bonds is 5. The van der Waals surface area contributed by atoms with E-state index in [2.05, 4.69) is 51.6 Å². The number of H-pyrrole nitrogens is 1. The van der Waals surface area contributed by atoms with E-state index in [0.717, 1.165) is 6.54 Å². The second kappa shape index (κ2) is 6.76. The molecule has 21 heavy (non-hydrogen) atoms. The molecule has 1 fully saturated rings. The standard InChI is InChI=1S/C17H24N4/c1-14(16-12-19-20-13-16)18-11-15-5-7-17(8-6-15)21-9-3-2-4-10-21/h5-8,12-14,18H,2-4,9-11H2,1H3,(H,19,20). The third-order valence-corrected chi connectivity index (χ3v) is 4.29. The molecule has 3 rings (SSSR count).